The monoisotopic (exact) mass is 241 g/mol. The minimum absolute atomic E-state index is 0.491. The Balaban J connectivity index is 3.35. The molecule has 0 aromatic heterocycles. The zero-order valence-corrected chi connectivity index (χ0v) is 13.2. The van der Waals surface area contributed by atoms with Crippen molar-refractivity contribution in [2.75, 3.05) is 13.1 Å². The van der Waals surface area contributed by atoms with Gasteiger partial charge in [0.25, 0.3) is 0 Å². The third-order valence-corrected chi connectivity index (χ3v) is 3.41. The van der Waals surface area contributed by atoms with E-state index in [1.165, 1.54) is 51.6 Å². The Bertz CT molecular complexity index is 176. The summed E-state index contributed by atoms with van der Waals surface area (Å²) in [4.78, 5) is 0. The summed E-state index contributed by atoms with van der Waals surface area (Å²) < 4.78 is 0. The van der Waals surface area contributed by atoms with Crippen molar-refractivity contribution in [3.63, 3.8) is 0 Å². The summed E-state index contributed by atoms with van der Waals surface area (Å²) in [6.07, 6.45) is 7.97. The number of nitrogens with one attached hydrogen (secondary N) is 1. The lowest BCUT2D eigenvalue weighted by Gasteiger charge is -2.24. The Morgan fingerprint density at radius 1 is 0.765 bits per heavy atom. The van der Waals surface area contributed by atoms with E-state index >= 15 is 0 Å². The van der Waals surface area contributed by atoms with Crippen molar-refractivity contribution in [2.45, 2.75) is 80.1 Å². The summed E-state index contributed by atoms with van der Waals surface area (Å²) in [6, 6.07) is 0. The second kappa shape index (κ2) is 8.13. The molecule has 0 aliphatic heterocycles. The van der Waals surface area contributed by atoms with Gasteiger partial charge in [0.15, 0.2) is 0 Å². The summed E-state index contributed by atoms with van der Waals surface area (Å²) in [5.74, 6) is 0. The fourth-order valence-electron chi connectivity index (χ4n) is 2.36. The maximum absolute atomic E-state index is 3.57. The van der Waals surface area contributed by atoms with Gasteiger partial charge >= 0.3 is 0 Å². The summed E-state index contributed by atoms with van der Waals surface area (Å²) >= 11 is 0. The lowest BCUT2D eigenvalue weighted by atomic mass is 9.83. The Morgan fingerprint density at radius 2 is 1.29 bits per heavy atom. The molecule has 0 bridgehead atoms. The SMILES string of the molecule is CCCC(C)(C)CCCNCCCC(C)(C)C. The summed E-state index contributed by atoms with van der Waals surface area (Å²) in [5, 5.41) is 3.57. The van der Waals surface area contributed by atoms with Gasteiger partial charge in [-0.15, -0.1) is 0 Å². The van der Waals surface area contributed by atoms with Crippen LogP contribution in [0.2, 0.25) is 0 Å². The summed E-state index contributed by atoms with van der Waals surface area (Å²) in [5.41, 5.74) is 1.03. The Labute approximate surface area is 110 Å². The number of hydrogen-bond acceptors (Lipinski definition) is 1. The van der Waals surface area contributed by atoms with E-state index in [9.17, 15) is 0 Å². The third-order valence-electron chi connectivity index (χ3n) is 3.41. The molecule has 0 aliphatic carbocycles. The van der Waals surface area contributed by atoms with Gasteiger partial charge in [-0.2, -0.15) is 0 Å². The van der Waals surface area contributed by atoms with Crippen molar-refractivity contribution in [3.8, 4) is 0 Å². The lowest BCUT2D eigenvalue weighted by molar-refractivity contribution is 0.293. The van der Waals surface area contributed by atoms with E-state index in [0.29, 0.717) is 10.8 Å². The molecule has 0 saturated heterocycles. The van der Waals surface area contributed by atoms with Gasteiger partial charge in [-0.3, -0.25) is 0 Å². The molecule has 1 nitrogen and oxygen atoms in total. The van der Waals surface area contributed by atoms with E-state index in [2.05, 4.69) is 46.9 Å². The largest absolute Gasteiger partial charge is 0.317 e. The first kappa shape index (κ1) is 17.0. The van der Waals surface area contributed by atoms with Gasteiger partial charge in [0.05, 0.1) is 0 Å². The molecule has 0 amide bonds. The second-order valence-corrected chi connectivity index (χ2v) is 7.43. The molecule has 0 atom stereocenters. The van der Waals surface area contributed by atoms with E-state index in [4.69, 9.17) is 0 Å². The Kier molecular flexibility index (Phi) is 8.11. The molecule has 104 valence electrons. The maximum Gasteiger partial charge on any atom is -0.00487 e. The molecule has 0 aromatic rings. The molecular weight excluding hydrogens is 206 g/mol. The fraction of sp³-hybridized carbons (Fsp3) is 1.00. The van der Waals surface area contributed by atoms with Crippen LogP contribution in [-0.2, 0) is 0 Å². The van der Waals surface area contributed by atoms with Gasteiger partial charge in [-0.05, 0) is 56.0 Å². The van der Waals surface area contributed by atoms with Crippen LogP contribution >= 0.6 is 0 Å². The van der Waals surface area contributed by atoms with Crippen molar-refractivity contribution in [1.29, 1.82) is 0 Å². The van der Waals surface area contributed by atoms with Crippen molar-refractivity contribution >= 4 is 0 Å². The highest BCUT2D eigenvalue weighted by molar-refractivity contribution is 4.68. The minimum Gasteiger partial charge on any atom is -0.317 e. The van der Waals surface area contributed by atoms with Gasteiger partial charge in [0.1, 0.15) is 0 Å². The first-order chi connectivity index (χ1) is 7.77. The molecule has 0 aliphatic rings. The standard InChI is InChI=1S/C16H35N/c1-7-10-16(5,6)12-9-14-17-13-8-11-15(2,3)4/h17H,7-14H2,1-6H3. The predicted octanol–water partition coefficient (Wildman–Crippen LogP) is 5.01. The molecule has 0 spiro atoms. The highest BCUT2D eigenvalue weighted by Crippen LogP contribution is 2.27. The zero-order chi connectivity index (χ0) is 13.4. The molecule has 0 heterocycles. The van der Waals surface area contributed by atoms with E-state index in [1.807, 2.05) is 0 Å². The smallest absolute Gasteiger partial charge is 0.00487 e. The first-order valence-corrected chi connectivity index (χ1v) is 7.47. The quantitative estimate of drug-likeness (QED) is 0.560. The predicted molar refractivity (Wildman–Crippen MR) is 79.5 cm³/mol. The fourth-order valence-corrected chi connectivity index (χ4v) is 2.36. The molecule has 0 rings (SSSR count). The van der Waals surface area contributed by atoms with Crippen molar-refractivity contribution < 1.29 is 0 Å². The molecular formula is C16H35N. The molecule has 17 heavy (non-hydrogen) atoms. The molecule has 1 heteroatoms. The highest BCUT2D eigenvalue weighted by atomic mass is 14.8. The average Bonchev–Trinajstić information content (AvgIpc) is 2.14. The first-order valence-electron chi connectivity index (χ1n) is 7.47. The number of hydrogen-bond donors (Lipinski definition) is 1. The zero-order valence-electron chi connectivity index (χ0n) is 13.2. The lowest BCUT2D eigenvalue weighted by Crippen LogP contribution is -2.20. The molecule has 0 radical (unpaired) electrons. The van der Waals surface area contributed by atoms with Crippen LogP contribution in [0, 0.1) is 10.8 Å². The van der Waals surface area contributed by atoms with E-state index < -0.39 is 0 Å². The Morgan fingerprint density at radius 3 is 1.76 bits per heavy atom. The van der Waals surface area contributed by atoms with Gasteiger partial charge < -0.3 is 5.32 Å². The van der Waals surface area contributed by atoms with E-state index in [-0.39, 0.29) is 0 Å². The van der Waals surface area contributed by atoms with Crippen LogP contribution in [0.4, 0.5) is 0 Å². The van der Waals surface area contributed by atoms with Crippen LogP contribution in [0.25, 0.3) is 0 Å². The third kappa shape index (κ3) is 12.2. The summed E-state index contributed by atoms with van der Waals surface area (Å²) in [7, 11) is 0. The van der Waals surface area contributed by atoms with E-state index in [1.54, 1.807) is 0 Å². The highest BCUT2D eigenvalue weighted by Gasteiger charge is 2.15. The van der Waals surface area contributed by atoms with Crippen molar-refractivity contribution in [1.82, 2.24) is 5.32 Å². The number of rotatable bonds is 9. The van der Waals surface area contributed by atoms with Crippen LogP contribution in [0.15, 0.2) is 0 Å². The van der Waals surface area contributed by atoms with Gasteiger partial charge in [0, 0.05) is 0 Å². The van der Waals surface area contributed by atoms with Gasteiger partial charge in [0.2, 0.25) is 0 Å². The summed E-state index contributed by atoms with van der Waals surface area (Å²) in [6.45, 7) is 16.4. The molecule has 0 fully saturated rings. The normalized spacial score (nSPS) is 13.1. The van der Waals surface area contributed by atoms with Crippen LogP contribution in [0.5, 0.6) is 0 Å². The minimum atomic E-state index is 0.491. The molecule has 1 N–H and O–H groups in total. The van der Waals surface area contributed by atoms with Gasteiger partial charge in [-0.25, -0.2) is 0 Å². The van der Waals surface area contributed by atoms with Crippen LogP contribution < -0.4 is 5.32 Å². The molecule has 0 aromatic carbocycles. The van der Waals surface area contributed by atoms with Crippen molar-refractivity contribution in [2.24, 2.45) is 10.8 Å². The maximum atomic E-state index is 3.57. The topological polar surface area (TPSA) is 12.0 Å². The van der Waals surface area contributed by atoms with Gasteiger partial charge in [-0.1, -0.05) is 48.0 Å². The van der Waals surface area contributed by atoms with E-state index in [0.717, 1.165) is 0 Å². The molecule has 0 unspecified atom stereocenters. The Hall–Kier alpha value is -0.0400. The molecule has 0 saturated carbocycles. The van der Waals surface area contributed by atoms with Crippen molar-refractivity contribution in [3.05, 3.63) is 0 Å². The van der Waals surface area contributed by atoms with Crippen LogP contribution in [0.3, 0.4) is 0 Å². The second-order valence-electron chi connectivity index (χ2n) is 7.43. The average molecular weight is 241 g/mol. The van der Waals surface area contributed by atoms with Crippen LogP contribution in [0.1, 0.15) is 80.1 Å². The van der Waals surface area contributed by atoms with Crippen LogP contribution in [-0.4, -0.2) is 13.1 Å².